The van der Waals surface area contributed by atoms with Gasteiger partial charge in [-0.25, -0.2) is 0 Å². The normalized spacial score (nSPS) is 26.2. The summed E-state index contributed by atoms with van der Waals surface area (Å²) in [4.78, 5) is 11.7. The minimum atomic E-state index is -3.91. The molecule has 0 aromatic heterocycles. The fourth-order valence-corrected chi connectivity index (χ4v) is 3.49. The highest BCUT2D eigenvalue weighted by Gasteiger charge is 2.48. The Balaban J connectivity index is 2.30. The van der Waals surface area contributed by atoms with E-state index in [2.05, 4.69) is 4.74 Å². The number of carbonyl (C=O) groups is 1. The van der Waals surface area contributed by atoms with Crippen LogP contribution in [0.4, 0.5) is 0 Å². The summed E-state index contributed by atoms with van der Waals surface area (Å²) >= 11 is 0. The molecule has 1 saturated heterocycles. The first-order valence-electron chi connectivity index (χ1n) is 5.77. The lowest BCUT2D eigenvalue weighted by Gasteiger charge is -2.19. The molecule has 19 heavy (non-hydrogen) atoms. The van der Waals surface area contributed by atoms with Crippen LogP contribution in [-0.2, 0) is 30.6 Å². The molecule has 1 heterocycles. The summed E-state index contributed by atoms with van der Waals surface area (Å²) in [7, 11) is -2.68. The largest absolute Gasteiger partial charge is 0.468 e. The molecule has 0 radical (unpaired) electrons. The Morgan fingerprint density at radius 1 is 1.37 bits per heavy atom. The smallest absolute Gasteiger partial charge is 0.339 e. The van der Waals surface area contributed by atoms with E-state index in [1.54, 1.807) is 24.3 Å². The fourth-order valence-electron chi connectivity index (χ4n) is 2.04. The van der Waals surface area contributed by atoms with Crippen molar-refractivity contribution in [1.29, 1.82) is 0 Å². The second-order valence-electron chi connectivity index (χ2n) is 4.26. The summed E-state index contributed by atoms with van der Waals surface area (Å²) in [6.45, 7) is 1.61. The van der Waals surface area contributed by atoms with E-state index in [0.717, 1.165) is 9.87 Å². The molecule has 0 saturated carbocycles. The molecule has 7 heteroatoms. The molecular weight excluding hydrogens is 270 g/mol. The SMILES string of the molecule is COC(=O)[C@@H]1[C@@H](C)OS(=O)(=O)N1Cc1ccccc1. The Hall–Kier alpha value is -1.44. The van der Waals surface area contributed by atoms with Gasteiger partial charge in [0.1, 0.15) is 6.10 Å². The maximum absolute atomic E-state index is 11.9. The van der Waals surface area contributed by atoms with Gasteiger partial charge in [0.25, 0.3) is 0 Å². The number of nitrogens with zero attached hydrogens (tertiary/aromatic N) is 1. The Morgan fingerprint density at radius 3 is 2.58 bits per heavy atom. The molecule has 0 bridgehead atoms. The van der Waals surface area contributed by atoms with Crippen molar-refractivity contribution in [2.75, 3.05) is 7.11 Å². The molecule has 0 amide bonds. The number of hydrogen-bond donors (Lipinski definition) is 0. The maximum Gasteiger partial charge on any atom is 0.339 e. The summed E-state index contributed by atoms with van der Waals surface area (Å²) < 4.78 is 34.3. The lowest BCUT2D eigenvalue weighted by Crippen LogP contribution is -2.42. The van der Waals surface area contributed by atoms with Crippen LogP contribution in [-0.4, -0.2) is 37.9 Å². The van der Waals surface area contributed by atoms with Gasteiger partial charge in [-0.15, -0.1) is 0 Å². The zero-order chi connectivity index (χ0) is 14.0. The average molecular weight is 285 g/mol. The monoisotopic (exact) mass is 285 g/mol. The van der Waals surface area contributed by atoms with Gasteiger partial charge in [0, 0.05) is 6.54 Å². The molecule has 1 aliphatic heterocycles. The number of ether oxygens (including phenoxy) is 1. The number of benzene rings is 1. The molecular formula is C12H15NO5S. The first kappa shape index (κ1) is 14.0. The lowest BCUT2D eigenvalue weighted by molar-refractivity contribution is -0.146. The summed E-state index contributed by atoms with van der Waals surface area (Å²) in [6.07, 6.45) is -0.763. The standard InChI is InChI=1S/C12H15NO5S/c1-9-11(12(14)17-2)13(19(15,16)18-9)8-10-6-4-3-5-7-10/h3-7,9,11H,8H2,1-2H3/t9-,11+/m1/s1. The van der Waals surface area contributed by atoms with E-state index in [1.165, 1.54) is 14.0 Å². The van der Waals surface area contributed by atoms with Crippen molar-refractivity contribution in [3.05, 3.63) is 35.9 Å². The average Bonchev–Trinajstić information content (AvgIpc) is 2.59. The number of carbonyl (C=O) groups excluding carboxylic acids is 1. The third kappa shape index (κ3) is 2.78. The number of methoxy groups -OCH3 is 1. The van der Waals surface area contributed by atoms with E-state index >= 15 is 0 Å². The van der Waals surface area contributed by atoms with Crippen LogP contribution in [0.15, 0.2) is 30.3 Å². The summed E-state index contributed by atoms with van der Waals surface area (Å²) in [5, 5.41) is 0. The van der Waals surface area contributed by atoms with Crippen LogP contribution >= 0.6 is 0 Å². The number of hydrogen-bond acceptors (Lipinski definition) is 5. The minimum Gasteiger partial charge on any atom is -0.468 e. The van der Waals surface area contributed by atoms with Crippen molar-refractivity contribution >= 4 is 16.3 Å². The van der Waals surface area contributed by atoms with Crippen LogP contribution in [0.1, 0.15) is 12.5 Å². The summed E-state index contributed by atoms with van der Waals surface area (Å²) in [6, 6.07) is 8.05. The van der Waals surface area contributed by atoms with Gasteiger partial charge in [-0.3, -0.25) is 8.98 Å². The molecule has 104 valence electrons. The lowest BCUT2D eigenvalue weighted by atomic mass is 10.1. The molecule has 1 fully saturated rings. The highest BCUT2D eigenvalue weighted by Crippen LogP contribution is 2.27. The molecule has 1 aromatic carbocycles. The fraction of sp³-hybridized carbons (Fsp3) is 0.417. The highest BCUT2D eigenvalue weighted by molar-refractivity contribution is 7.84. The van der Waals surface area contributed by atoms with Crippen LogP contribution in [0.25, 0.3) is 0 Å². The van der Waals surface area contributed by atoms with Crippen LogP contribution < -0.4 is 0 Å². The first-order valence-corrected chi connectivity index (χ1v) is 7.14. The van der Waals surface area contributed by atoms with Crippen molar-refractivity contribution in [3.8, 4) is 0 Å². The second kappa shape index (κ2) is 5.28. The van der Waals surface area contributed by atoms with E-state index in [9.17, 15) is 13.2 Å². The van der Waals surface area contributed by atoms with E-state index in [0.29, 0.717) is 0 Å². The van der Waals surface area contributed by atoms with Crippen molar-refractivity contribution < 1.29 is 22.1 Å². The van der Waals surface area contributed by atoms with E-state index in [4.69, 9.17) is 4.18 Å². The van der Waals surface area contributed by atoms with Crippen LogP contribution in [0.5, 0.6) is 0 Å². The van der Waals surface area contributed by atoms with Crippen molar-refractivity contribution in [2.24, 2.45) is 0 Å². The van der Waals surface area contributed by atoms with Gasteiger partial charge >= 0.3 is 16.3 Å². The molecule has 2 atom stereocenters. The molecule has 0 unspecified atom stereocenters. The van der Waals surface area contributed by atoms with Gasteiger partial charge in [0.15, 0.2) is 6.04 Å². The van der Waals surface area contributed by atoms with E-state index in [1.807, 2.05) is 6.07 Å². The van der Waals surface area contributed by atoms with Crippen LogP contribution in [0, 0.1) is 0 Å². The van der Waals surface area contributed by atoms with E-state index in [-0.39, 0.29) is 6.54 Å². The number of rotatable bonds is 3. The Labute approximate surface area is 112 Å². The number of esters is 1. The third-order valence-corrected chi connectivity index (χ3v) is 4.42. The first-order chi connectivity index (χ1) is 8.95. The van der Waals surface area contributed by atoms with Gasteiger partial charge < -0.3 is 4.74 Å². The zero-order valence-electron chi connectivity index (χ0n) is 10.6. The molecule has 2 rings (SSSR count). The quantitative estimate of drug-likeness (QED) is 0.764. The Morgan fingerprint density at radius 2 is 2.00 bits per heavy atom. The predicted molar refractivity (Wildman–Crippen MR) is 67.3 cm³/mol. The van der Waals surface area contributed by atoms with E-state index < -0.39 is 28.4 Å². The minimum absolute atomic E-state index is 0.0767. The highest BCUT2D eigenvalue weighted by atomic mass is 32.2. The molecule has 0 spiro atoms. The van der Waals surface area contributed by atoms with Gasteiger partial charge in [-0.2, -0.15) is 12.7 Å². The molecule has 0 aliphatic carbocycles. The topological polar surface area (TPSA) is 72.9 Å². The predicted octanol–water partition coefficient (Wildman–Crippen LogP) is 0.694. The van der Waals surface area contributed by atoms with Gasteiger partial charge in [0.2, 0.25) is 0 Å². The van der Waals surface area contributed by atoms with Gasteiger partial charge in [-0.05, 0) is 12.5 Å². The zero-order valence-corrected chi connectivity index (χ0v) is 11.5. The van der Waals surface area contributed by atoms with Gasteiger partial charge in [-0.1, -0.05) is 30.3 Å². The van der Waals surface area contributed by atoms with Gasteiger partial charge in [0.05, 0.1) is 7.11 Å². The van der Waals surface area contributed by atoms with Crippen molar-refractivity contribution in [3.63, 3.8) is 0 Å². The van der Waals surface area contributed by atoms with Crippen molar-refractivity contribution in [2.45, 2.75) is 25.6 Å². The molecule has 1 aliphatic rings. The summed E-state index contributed by atoms with van der Waals surface area (Å²) in [5.41, 5.74) is 0.776. The molecule has 1 aromatic rings. The molecule has 0 N–H and O–H groups in total. The summed E-state index contributed by atoms with van der Waals surface area (Å²) in [5.74, 6) is -0.621. The van der Waals surface area contributed by atoms with Crippen LogP contribution in [0.3, 0.4) is 0 Å². The van der Waals surface area contributed by atoms with Crippen molar-refractivity contribution in [1.82, 2.24) is 4.31 Å². The van der Waals surface area contributed by atoms with Crippen LogP contribution in [0.2, 0.25) is 0 Å². The maximum atomic E-state index is 11.9. The Bertz CT molecular complexity index is 557. The Kier molecular flexibility index (Phi) is 3.88. The third-order valence-electron chi connectivity index (χ3n) is 2.94. The molecule has 6 nitrogen and oxygen atoms in total. The second-order valence-corrected chi connectivity index (χ2v) is 5.77.